The first-order valence-electron chi connectivity index (χ1n) is 5.02. The molecule has 9 nitrogen and oxygen atoms in total. The molecule has 2 aromatic rings. The lowest BCUT2D eigenvalue weighted by atomic mass is 10.1. The first-order valence-corrected chi connectivity index (χ1v) is 5.02. The van der Waals surface area contributed by atoms with Crippen LogP contribution in [0.2, 0.25) is 0 Å². The van der Waals surface area contributed by atoms with E-state index in [9.17, 15) is 15.0 Å². The molecule has 18 heavy (non-hydrogen) atoms. The van der Waals surface area contributed by atoms with Gasteiger partial charge in [-0.25, -0.2) is 9.97 Å². The van der Waals surface area contributed by atoms with Gasteiger partial charge in [0.25, 0.3) is 5.56 Å². The highest BCUT2D eigenvalue weighted by atomic mass is 16.4. The fraction of sp³-hybridized carbons (Fsp3) is 0.333. The highest BCUT2D eigenvalue weighted by molar-refractivity contribution is 5.69. The van der Waals surface area contributed by atoms with Crippen molar-refractivity contribution < 1.29 is 15.3 Å². The van der Waals surface area contributed by atoms with Gasteiger partial charge in [-0.15, -0.1) is 0 Å². The van der Waals surface area contributed by atoms with E-state index >= 15 is 0 Å². The molecule has 2 aromatic heterocycles. The number of H-pyrrole nitrogens is 1. The molecule has 0 spiro atoms. The van der Waals surface area contributed by atoms with Gasteiger partial charge in [0.1, 0.15) is 12.2 Å². The predicted octanol–water partition coefficient (Wildman–Crippen LogP) is -2.32. The Morgan fingerprint density at radius 1 is 1.39 bits per heavy atom. The number of rotatable bonds is 3. The molecule has 0 saturated heterocycles. The van der Waals surface area contributed by atoms with E-state index in [2.05, 4.69) is 19.9 Å². The molecule has 0 unspecified atom stereocenters. The van der Waals surface area contributed by atoms with Gasteiger partial charge < -0.3 is 21.1 Å². The highest BCUT2D eigenvalue weighted by Gasteiger charge is 2.20. The first kappa shape index (κ1) is 12.4. The number of nitrogens with two attached hydrogens (primary N) is 1. The van der Waals surface area contributed by atoms with Crippen LogP contribution in [0.1, 0.15) is 11.8 Å². The summed E-state index contributed by atoms with van der Waals surface area (Å²) in [6.07, 6.45) is -1.70. The summed E-state index contributed by atoms with van der Waals surface area (Å²) in [6.45, 7) is -0.642. The average Bonchev–Trinajstić information content (AvgIpc) is 2.36. The normalized spacial score (nSPS) is 14.6. The number of aliphatic hydroxyl groups is 3. The molecule has 0 bridgehead atoms. The van der Waals surface area contributed by atoms with E-state index in [4.69, 9.17) is 10.8 Å². The Kier molecular flexibility index (Phi) is 3.19. The Morgan fingerprint density at radius 2 is 2.11 bits per heavy atom. The summed E-state index contributed by atoms with van der Waals surface area (Å²) in [5, 5.41) is 27.6. The number of nitrogen functional groups attached to an aromatic ring is 1. The number of nitrogens with one attached hydrogen (secondary N) is 1. The van der Waals surface area contributed by atoms with Gasteiger partial charge >= 0.3 is 0 Å². The van der Waals surface area contributed by atoms with Crippen LogP contribution in [0, 0.1) is 0 Å². The lowest BCUT2D eigenvalue weighted by Crippen LogP contribution is -2.24. The monoisotopic (exact) mass is 253 g/mol. The van der Waals surface area contributed by atoms with Gasteiger partial charge in [0.2, 0.25) is 5.95 Å². The summed E-state index contributed by atoms with van der Waals surface area (Å²) in [7, 11) is 0. The lowest BCUT2D eigenvalue weighted by Gasteiger charge is -2.14. The smallest absolute Gasteiger partial charge is 0.280 e. The maximum absolute atomic E-state index is 11.5. The molecule has 2 atom stereocenters. The lowest BCUT2D eigenvalue weighted by molar-refractivity contribution is -0.0173. The summed E-state index contributed by atoms with van der Waals surface area (Å²) in [5.74, 6) is -0.0921. The van der Waals surface area contributed by atoms with Crippen LogP contribution >= 0.6 is 0 Å². The van der Waals surface area contributed by atoms with Crippen molar-refractivity contribution in [3.63, 3.8) is 0 Å². The molecule has 0 aliphatic heterocycles. The molecular formula is C9H11N5O4. The molecule has 96 valence electrons. The minimum atomic E-state index is -1.44. The topological polar surface area (TPSA) is 158 Å². The van der Waals surface area contributed by atoms with Crippen molar-refractivity contribution in [2.24, 2.45) is 0 Å². The van der Waals surface area contributed by atoms with Crippen molar-refractivity contribution >= 4 is 17.1 Å². The van der Waals surface area contributed by atoms with Crippen molar-refractivity contribution in [3.05, 3.63) is 22.2 Å². The third-order valence-electron chi connectivity index (χ3n) is 2.31. The van der Waals surface area contributed by atoms with E-state index in [0.29, 0.717) is 0 Å². The molecule has 2 heterocycles. The van der Waals surface area contributed by atoms with Crippen LogP contribution < -0.4 is 11.3 Å². The van der Waals surface area contributed by atoms with Crippen molar-refractivity contribution in [3.8, 4) is 0 Å². The molecule has 9 heteroatoms. The molecule has 0 radical (unpaired) electrons. The van der Waals surface area contributed by atoms with Gasteiger partial charge in [-0.3, -0.25) is 9.78 Å². The van der Waals surface area contributed by atoms with Crippen LogP contribution in [-0.2, 0) is 0 Å². The van der Waals surface area contributed by atoms with Gasteiger partial charge in [0.05, 0.1) is 18.5 Å². The Bertz CT molecular complexity index is 628. The van der Waals surface area contributed by atoms with Crippen LogP contribution in [0.15, 0.2) is 11.0 Å². The number of aromatic amines is 1. The number of fused-ring (bicyclic) bond motifs is 1. The Labute approximate surface area is 100.0 Å². The van der Waals surface area contributed by atoms with Gasteiger partial charge in [0.15, 0.2) is 11.2 Å². The SMILES string of the molecule is Nc1nc2ncc([C@H](O)[C@@H](O)CO)nc2c(=O)[nH]1. The fourth-order valence-corrected chi connectivity index (χ4v) is 1.39. The van der Waals surface area contributed by atoms with Gasteiger partial charge in [-0.2, -0.15) is 4.98 Å². The van der Waals surface area contributed by atoms with Crippen LogP contribution in [0.25, 0.3) is 11.2 Å². The minimum absolute atomic E-state index is 0.0330. The van der Waals surface area contributed by atoms with Crippen molar-refractivity contribution in [2.75, 3.05) is 12.3 Å². The number of hydrogen-bond donors (Lipinski definition) is 5. The standard InChI is InChI=1S/C9H11N5O4/c10-9-13-7-5(8(18)14-9)12-3(1-11-7)6(17)4(16)2-15/h1,4,6,15-17H,2H2,(H3,10,11,13,14,18)/t4-,6-/m0/s1. The van der Waals surface area contributed by atoms with Crippen molar-refractivity contribution in [2.45, 2.75) is 12.2 Å². The third-order valence-corrected chi connectivity index (χ3v) is 2.31. The second-order valence-electron chi connectivity index (χ2n) is 3.61. The minimum Gasteiger partial charge on any atom is -0.394 e. The van der Waals surface area contributed by atoms with E-state index < -0.39 is 24.4 Å². The summed E-state index contributed by atoms with van der Waals surface area (Å²) in [5.41, 5.74) is 4.62. The second-order valence-corrected chi connectivity index (χ2v) is 3.61. The molecule has 0 saturated carbocycles. The molecule has 0 fully saturated rings. The number of nitrogens with zero attached hydrogens (tertiary/aromatic N) is 3. The zero-order valence-electron chi connectivity index (χ0n) is 9.11. The largest absolute Gasteiger partial charge is 0.394 e. The number of aliphatic hydroxyl groups excluding tert-OH is 3. The van der Waals surface area contributed by atoms with Crippen LogP contribution in [-0.4, -0.2) is 48.0 Å². The zero-order valence-corrected chi connectivity index (χ0v) is 9.11. The average molecular weight is 253 g/mol. The van der Waals surface area contributed by atoms with Gasteiger partial charge in [-0.1, -0.05) is 0 Å². The van der Waals surface area contributed by atoms with Crippen LogP contribution in [0.5, 0.6) is 0 Å². The van der Waals surface area contributed by atoms with Crippen LogP contribution in [0.3, 0.4) is 0 Å². The Balaban J connectivity index is 2.54. The maximum Gasteiger partial charge on any atom is 0.280 e. The van der Waals surface area contributed by atoms with Crippen molar-refractivity contribution in [1.29, 1.82) is 0 Å². The summed E-state index contributed by atoms with van der Waals surface area (Å²) in [4.78, 5) is 25.2. The van der Waals surface area contributed by atoms with E-state index in [0.717, 1.165) is 6.20 Å². The predicted molar refractivity (Wildman–Crippen MR) is 60.4 cm³/mol. The number of hydrogen-bond acceptors (Lipinski definition) is 8. The van der Waals surface area contributed by atoms with Gasteiger partial charge in [0, 0.05) is 0 Å². The molecule has 0 aromatic carbocycles. The fourth-order valence-electron chi connectivity index (χ4n) is 1.39. The maximum atomic E-state index is 11.5. The Hall–Kier alpha value is -2.10. The van der Waals surface area contributed by atoms with E-state index in [1.165, 1.54) is 0 Å². The van der Waals surface area contributed by atoms with Crippen LogP contribution in [0.4, 0.5) is 5.95 Å². The van der Waals surface area contributed by atoms with E-state index in [-0.39, 0.29) is 22.8 Å². The second kappa shape index (κ2) is 4.64. The van der Waals surface area contributed by atoms with Gasteiger partial charge in [-0.05, 0) is 0 Å². The Morgan fingerprint density at radius 3 is 2.78 bits per heavy atom. The number of anilines is 1. The molecule has 0 aliphatic rings. The molecule has 0 amide bonds. The number of aromatic nitrogens is 4. The zero-order chi connectivity index (χ0) is 13.3. The third kappa shape index (κ3) is 2.14. The molecule has 2 rings (SSSR count). The summed E-state index contributed by atoms with van der Waals surface area (Å²) < 4.78 is 0. The van der Waals surface area contributed by atoms with Crippen molar-refractivity contribution in [1.82, 2.24) is 19.9 Å². The summed E-state index contributed by atoms with van der Waals surface area (Å²) in [6, 6.07) is 0. The van der Waals surface area contributed by atoms with E-state index in [1.807, 2.05) is 0 Å². The van der Waals surface area contributed by atoms with E-state index in [1.54, 1.807) is 0 Å². The first-order chi connectivity index (χ1) is 8.52. The molecule has 0 aliphatic carbocycles. The summed E-state index contributed by atoms with van der Waals surface area (Å²) >= 11 is 0. The molecule has 6 N–H and O–H groups in total. The highest BCUT2D eigenvalue weighted by Crippen LogP contribution is 2.14. The molecular weight excluding hydrogens is 242 g/mol. The quantitative estimate of drug-likeness (QED) is 0.407.